The van der Waals surface area contributed by atoms with E-state index in [4.69, 9.17) is 9.84 Å². The van der Waals surface area contributed by atoms with Gasteiger partial charge in [-0.15, -0.1) is 13.2 Å². The van der Waals surface area contributed by atoms with E-state index in [1.54, 1.807) is 12.1 Å². The largest absolute Gasteiger partial charge is 0.573 e. The van der Waals surface area contributed by atoms with Gasteiger partial charge in [0.25, 0.3) is 0 Å². The average molecular weight is 381 g/mol. The van der Waals surface area contributed by atoms with E-state index >= 15 is 0 Å². The van der Waals surface area contributed by atoms with Crippen molar-refractivity contribution in [2.75, 3.05) is 6.54 Å². The summed E-state index contributed by atoms with van der Waals surface area (Å²) >= 11 is 0. The zero-order chi connectivity index (χ0) is 19.6. The maximum atomic E-state index is 12.5. The van der Waals surface area contributed by atoms with E-state index in [2.05, 4.69) is 10.1 Å². The monoisotopic (exact) mass is 381 g/mol. The van der Waals surface area contributed by atoms with Gasteiger partial charge in [-0.25, -0.2) is 4.79 Å². The number of alkyl halides is 3. The van der Waals surface area contributed by atoms with Crippen LogP contribution in [0.5, 0.6) is 11.5 Å². The molecule has 9 heteroatoms. The zero-order valence-corrected chi connectivity index (χ0v) is 13.7. The third kappa shape index (κ3) is 4.56. The summed E-state index contributed by atoms with van der Waals surface area (Å²) in [5, 5.41) is 12.0. The number of hydrogen-bond donors (Lipinski definition) is 2. The maximum Gasteiger partial charge on any atom is 0.573 e. The molecule has 1 aliphatic rings. The number of hydrogen-bond acceptors (Lipinski definition) is 5. The first-order valence-electron chi connectivity index (χ1n) is 7.86. The first kappa shape index (κ1) is 18.7. The number of carboxylic acids is 1. The van der Waals surface area contributed by atoms with Crippen molar-refractivity contribution in [3.05, 3.63) is 59.7 Å². The number of halogens is 3. The Morgan fingerprint density at radius 3 is 2.41 bits per heavy atom. The van der Waals surface area contributed by atoms with Crippen LogP contribution < -0.4 is 14.8 Å². The van der Waals surface area contributed by atoms with E-state index in [1.165, 1.54) is 24.3 Å². The second-order valence-corrected chi connectivity index (χ2v) is 5.80. The lowest BCUT2D eigenvalue weighted by molar-refractivity contribution is -0.274. The van der Waals surface area contributed by atoms with Crippen molar-refractivity contribution in [3.63, 3.8) is 0 Å². The topological polar surface area (TPSA) is 84.9 Å². The fourth-order valence-corrected chi connectivity index (χ4v) is 2.73. The van der Waals surface area contributed by atoms with Gasteiger partial charge in [-0.2, -0.15) is 0 Å². The predicted molar refractivity (Wildman–Crippen MR) is 86.7 cm³/mol. The first-order valence-corrected chi connectivity index (χ1v) is 7.86. The van der Waals surface area contributed by atoms with E-state index in [-0.39, 0.29) is 23.6 Å². The number of Topliss-reactive ketones (excluding diaryl/α,β-unsaturated/α-hetero) is 1. The highest BCUT2D eigenvalue weighted by atomic mass is 19.4. The summed E-state index contributed by atoms with van der Waals surface area (Å²) < 4.78 is 45.8. The molecule has 2 aromatic carbocycles. The van der Waals surface area contributed by atoms with E-state index in [0.717, 1.165) is 12.1 Å². The van der Waals surface area contributed by atoms with Crippen molar-refractivity contribution in [1.29, 1.82) is 0 Å². The lowest BCUT2D eigenvalue weighted by atomic mass is 10.0. The van der Waals surface area contributed by atoms with Crippen LogP contribution >= 0.6 is 0 Å². The highest BCUT2D eigenvalue weighted by Crippen LogP contribution is 2.27. The van der Waals surface area contributed by atoms with Gasteiger partial charge in [0.1, 0.15) is 11.5 Å². The average Bonchev–Trinajstić information content (AvgIpc) is 2.96. The number of nitrogens with one attached hydrogen (secondary N) is 1. The maximum absolute atomic E-state index is 12.5. The van der Waals surface area contributed by atoms with Crippen LogP contribution in [0.25, 0.3) is 0 Å². The molecule has 1 saturated heterocycles. The number of benzene rings is 2. The predicted octanol–water partition coefficient (Wildman–Crippen LogP) is 2.94. The molecule has 0 aromatic heterocycles. The summed E-state index contributed by atoms with van der Waals surface area (Å²) in [5.74, 6) is -1.58. The summed E-state index contributed by atoms with van der Waals surface area (Å²) in [7, 11) is 0. The molecule has 2 aromatic rings. The molecule has 2 unspecified atom stereocenters. The van der Waals surface area contributed by atoms with Gasteiger partial charge in [0.15, 0.2) is 11.9 Å². The van der Waals surface area contributed by atoms with Crippen LogP contribution in [0.15, 0.2) is 48.5 Å². The van der Waals surface area contributed by atoms with E-state index in [1.807, 2.05) is 0 Å². The number of ether oxygens (including phenoxy) is 2. The Hall–Kier alpha value is -3.07. The molecule has 1 heterocycles. The van der Waals surface area contributed by atoms with E-state index < -0.39 is 30.2 Å². The fourth-order valence-electron chi connectivity index (χ4n) is 2.73. The number of rotatable bonds is 5. The van der Waals surface area contributed by atoms with Crippen molar-refractivity contribution in [2.24, 2.45) is 0 Å². The quantitative estimate of drug-likeness (QED) is 0.829. The van der Waals surface area contributed by atoms with Crippen LogP contribution in [0.1, 0.15) is 22.0 Å². The highest BCUT2D eigenvalue weighted by molar-refractivity contribution is 5.93. The molecule has 6 nitrogen and oxygen atoms in total. The lowest BCUT2D eigenvalue weighted by Gasteiger charge is -2.14. The Labute approximate surface area is 151 Å². The normalized spacial score (nSPS) is 19.7. The van der Waals surface area contributed by atoms with E-state index in [0.29, 0.717) is 5.56 Å². The third-order valence-electron chi connectivity index (χ3n) is 3.91. The summed E-state index contributed by atoms with van der Waals surface area (Å²) in [6.45, 7) is 0.182. The smallest absolute Gasteiger partial charge is 0.481 e. The molecule has 142 valence electrons. The van der Waals surface area contributed by atoms with Crippen molar-refractivity contribution in [3.8, 4) is 11.5 Å². The number of aromatic carboxylic acids is 1. The van der Waals surface area contributed by atoms with Crippen LogP contribution in [0.3, 0.4) is 0 Å². The summed E-state index contributed by atoms with van der Waals surface area (Å²) in [6.07, 6.45) is -5.64. The highest BCUT2D eigenvalue weighted by Gasteiger charge is 2.37. The minimum absolute atomic E-state index is 0.0618. The standard InChI is InChI=1S/C18H14F3NO5/c19-18(20,21)27-13-6-4-12(5-7-13)26-14-9-22-15(16(14)23)10-2-1-3-11(8-10)17(24)25/h1-8,14-15,22H,9H2,(H,24,25). The minimum Gasteiger partial charge on any atom is -0.481 e. The summed E-state index contributed by atoms with van der Waals surface area (Å²) in [6, 6.07) is 10.00. The van der Waals surface area contributed by atoms with Crippen molar-refractivity contribution >= 4 is 11.8 Å². The molecule has 2 atom stereocenters. The number of carboxylic acid groups (broad SMARTS) is 1. The van der Waals surface area contributed by atoms with Gasteiger partial charge >= 0.3 is 12.3 Å². The van der Waals surface area contributed by atoms with Crippen molar-refractivity contribution < 1.29 is 37.3 Å². The minimum atomic E-state index is -4.79. The molecular weight excluding hydrogens is 367 g/mol. The third-order valence-corrected chi connectivity index (χ3v) is 3.91. The van der Waals surface area contributed by atoms with Gasteiger partial charge in [0.2, 0.25) is 0 Å². The molecular formula is C18H14F3NO5. The fraction of sp³-hybridized carbons (Fsp3) is 0.222. The molecule has 0 spiro atoms. The van der Waals surface area contributed by atoms with Crippen molar-refractivity contribution in [2.45, 2.75) is 18.5 Å². The molecule has 0 amide bonds. The lowest BCUT2D eigenvalue weighted by Crippen LogP contribution is -2.26. The molecule has 0 aliphatic carbocycles. The van der Waals surface area contributed by atoms with Gasteiger partial charge in [0.05, 0.1) is 11.6 Å². The molecule has 1 aliphatic heterocycles. The van der Waals surface area contributed by atoms with Crippen LogP contribution in [0.2, 0.25) is 0 Å². The Bertz CT molecular complexity index is 851. The molecule has 0 saturated carbocycles. The molecule has 0 bridgehead atoms. The Kier molecular flexibility index (Phi) is 5.04. The summed E-state index contributed by atoms with van der Waals surface area (Å²) in [5.41, 5.74) is 0.562. The number of carbonyl (C=O) groups excluding carboxylic acids is 1. The number of ketones is 1. The van der Waals surface area contributed by atoms with E-state index in [9.17, 15) is 22.8 Å². The molecule has 1 fully saturated rings. The summed E-state index contributed by atoms with van der Waals surface area (Å²) in [4.78, 5) is 23.6. The molecule has 3 rings (SSSR count). The first-order chi connectivity index (χ1) is 12.7. The van der Waals surface area contributed by atoms with Crippen LogP contribution in [0.4, 0.5) is 13.2 Å². The van der Waals surface area contributed by atoms with Crippen LogP contribution in [0, 0.1) is 0 Å². The van der Waals surface area contributed by atoms with Gasteiger partial charge in [-0.1, -0.05) is 12.1 Å². The Balaban J connectivity index is 1.67. The molecule has 0 radical (unpaired) electrons. The second-order valence-electron chi connectivity index (χ2n) is 5.80. The van der Waals surface area contributed by atoms with Gasteiger partial charge < -0.3 is 14.6 Å². The van der Waals surface area contributed by atoms with Gasteiger partial charge in [-0.3, -0.25) is 10.1 Å². The van der Waals surface area contributed by atoms with Crippen molar-refractivity contribution in [1.82, 2.24) is 5.32 Å². The van der Waals surface area contributed by atoms with Crippen LogP contribution in [-0.4, -0.2) is 35.9 Å². The Morgan fingerprint density at radius 2 is 1.78 bits per heavy atom. The van der Waals surface area contributed by atoms with Gasteiger partial charge in [0, 0.05) is 6.54 Å². The SMILES string of the molecule is O=C(O)c1cccc(C2NCC(Oc3ccc(OC(F)(F)F)cc3)C2=O)c1. The Morgan fingerprint density at radius 1 is 1.11 bits per heavy atom. The molecule has 2 N–H and O–H groups in total. The van der Waals surface area contributed by atoms with Crippen LogP contribution in [-0.2, 0) is 4.79 Å². The molecule has 27 heavy (non-hydrogen) atoms. The number of carbonyl (C=O) groups is 2. The van der Waals surface area contributed by atoms with Gasteiger partial charge in [-0.05, 0) is 42.0 Å². The zero-order valence-electron chi connectivity index (χ0n) is 13.7. The second kappa shape index (κ2) is 7.28.